The molecule has 0 aliphatic carbocycles. The van der Waals surface area contributed by atoms with Crippen LogP contribution in [0.2, 0.25) is 0 Å². The maximum absolute atomic E-state index is 11.0. The van der Waals surface area contributed by atoms with Crippen LogP contribution in [0.4, 0.5) is 0 Å². The average Bonchev–Trinajstić information content (AvgIpc) is 1.82. The predicted molar refractivity (Wildman–Crippen MR) is 48.0 cm³/mol. The molecule has 0 radical (unpaired) electrons. The first-order valence-electron chi connectivity index (χ1n) is 3.86. The van der Waals surface area contributed by atoms with Crippen LogP contribution >= 0.6 is 0 Å². The minimum atomic E-state index is -0.920. The van der Waals surface area contributed by atoms with Gasteiger partial charge in [0.1, 0.15) is 5.78 Å². The summed E-state index contributed by atoms with van der Waals surface area (Å²) in [6.07, 6.45) is 0.944. The Kier molecular flexibility index (Phi) is 5.38. The van der Waals surface area contributed by atoms with E-state index in [9.17, 15) is 9.00 Å². The van der Waals surface area contributed by atoms with Gasteiger partial charge < -0.3 is 0 Å². The quantitative estimate of drug-likeness (QED) is 0.634. The first kappa shape index (κ1) is 10.8. The molecule has 0 aromatic heterocycles. The van der Waals surface area contributed by atoms with Crippen molar-refractivity contribution in [3.8, 4) is 0 Å². The largest absolute Gasteiger partial charge is 0.299 e. The number of rotatable bonds is 5. The zero-order chi connectivity index (χ0) is 8.85. The molecule has 11 heavy (non-hydrogen) atoms. The van der Waals surface area contributed by atoms with Crippen molar-refractivity contribution >= 4 is 16.6 Å². The van der Waals surface area contributed by atoms with E-state index in [0.29, 0.717) is 11.7 Å². The van der Waals surface area contributed by atoms with E-state index in [2.05, 4.69) is 13.8 Å². The van der Waals surface area contributed by atoms with Gasteiger partial charge in [0, 0.05) is 16.6 Å². The first-order chi connectivity index (χ1) is 5.02. The molecule has 0 aromatic carbocycles. The molecular weight excluding hydrogens is 160 g/mol. The Morgan fingerprint density at radius 3 is 2.36 bits per heavy atom. The van der Waals surface area contributed by atoms with Gasteiger partial charge in [-0.15, -0.1) is 0 Å². The van der Waals surface area contributed by atoms with Crippen LogP contribution < -0.4 is 0 Å². The summed E-state index contributed by atoms with van der Waals surface area (Å²) in [6.45, 7) is 5.66. The molecule has 2 nitrogen and oxygen atoms in total. The zero-order valence-corrected chi connectivity index (χ0v) is 8.24. The lowest BCUT2D eigenvalue weighted by Gasteiger charge is -2.02. The van der Waals surface area contributed by atoms with Crippen LogP contribution in [0.1, 0.15) is 27.2 Å². The second kappa shape index (κ2) is 5.47. The molecule has 3 heteroatoms. The summed E-state index contributed by atoms with van der Waals surface area (Å²) in [7, 11) is -0.920. The van der Waals surface area contributed by atoms with Gasteiger partial charge >= 0.3 is 0 Å². The Balaban J connectivity index is 3.46. The molecular formula is C8H16O2S. The Morgan fingerprint density at radius 1 is 1.45 bits per heavy atom. The van der Waals surface area contributed by atoms with Gasteiger partial charge in [0.15, 0.2) is 0 Å². The number of ketones is 1. The standard InChI is InChI=1S/C8H16O2S/c1-7(2)4-5-11(10)6-8(3)9/h7H,4-6H2,1-3H3. The zero-order valence-electron chi connectivity index (χ0n) is 7.42. The Labute approximate surface area is 70.8 Å². The summed E-state index contributed by atoms with van der Waals surface area (Å²) >= 11 is 0. The Bertz CT molecular complexity index is 152. The molecule has 0 aliphatic heterocycles. The van der Waals surface area contributed by atoms with Gasteiger partial charge in [0.25, 0.3) is 0 Å². The van der Waals surface area contributed by atoms with Crippen LogP contribution in [0.5, 0.6) is 0 Å². The van der Waals surface area contributed by atoms with Crippen molar-refractivity contribution in [2.75, 3.05) is 11.5 Å². The van der Waals surface area contributed by atoms with Gasteiger partial charge in [-0.1, -0.05) is 13.8 Å². The van der Waals surface area contributed by atoms with Crippen molar-refractivity contribution in [2.45, 2.75) is 27.2 Å². The van der Waals surface area contributed by atoms with Gasteiger partial charge in [-0.3, -0.25) is 9.00 Å². The van der Waals surface area contributed by atoms with Gasteiger partial charge in [-0.25, -0.2) is 0 Å². The van der Waals surface area contributed by atoms with Crippen LogP contribution in [0.3, 0.4) is 0 Å². The van der Waals surface area contributed by atoms with Crippen molar-refractivity contribution in [1.29, 1.82) is 0 Å². The molecule has 0 bridgehead atoms. The highest BCUT2D eigenvalue weighted by Gasteiger charge is 2.03. The maximum Gasteiger partial charge on any atom is 0.142 e. The minimum Gasteiger partial charge on any atom is -0.299 e. The lowest BCUT2D eigenvalue weighted by molar-refractivity contribution is -0.114. The van der Waals surface area contributed by atoms with Crippen LogP contribution in [-0.2, 0) is 15.6 Å². The van der Waals surface area contributed by atoms with Gasteiger partial charge in [0.05, 0.1) is 5.75 Å². The van der Waals surface area contributed by atoms with Crippen molar-refractivity contribution in [2.24, 2.45) is 5.92 Å². The van der Waals surface area contributed by atoms with Crippen LogP contribution in [0.25, 0.3) is 0 Å². The highest BCUT2D eigenvalue weighted by Crippen LogP contribution is 2.00. The smallest absolute Gasteiger partial charge is 0.142 e. The van der Waals surface area contributed by atoms with E-state index >= 15 is 0 Å². The topological polar surface area (TPSA) is 34.1 Å². The second-order valence-electron chi connectivity index (χ2n) is 3.17. The first-order valence-corrected chi connectivity index (χ1v) is 5.35. The Morgan fingerprint density at radius 2 is 2.00 bits per heavy atom. The highest BCUT2D eigenvalue weighted by molar-refractivity contribution is 7.85. The van der Waals surface area contributed by atoms with Crippen LogP contribution in [0.15, 0.2) is 0 Å². The summed E-state index contributed by atoms with van der Waals surface area (Å²) < 4.78 is 11.0. The summed E-state index contributed by atoms with van der Waals surface area (Å²) in [4.78, 5) is 10.5. The molecule has 0 aromatic rings. The molecule has 0 saturated carbocycles. The minimum absolute atomic E-state index is 0.0205. The van der Waals surface area contributed by atoms with Gasteiger partial charge in [-0.05, 0) is 19.3 Å². The second-order valence-corrected chi connectivity index (χ2v) is 4.75. The van der Waals surface area contributed by atoms with E-state index in [-0.39, 0.29) is 11.5 Å². The average molecular weight is 176 g/mol. The monoisotopic (exact) mass is 176 g/mol. The van der Waals surface area contributed by atoms with E-state index in [1.807, 2.05) is 0 Å². The molecule has 66 valence electrons. The molecule has 0 saturated heterocycles. The fourth-order valence-electron chi connectivity index (χ4n) is 0.666. The molecule has 0 amide bonds. The van der Waals surface area contributed by atoms with Crippen molar-refractivity contribution in [3.05, 3.63) is 0 Å². The van der Waals surface area contributed by atoms with Crippen LogP contribution in [-0.4, -0.2) is 21.5 Å². The molecule has 0 spiro atoms. The fourth-order valence-corrected chi connectivity index (χ4v) is 2.00. The van der Waals surface area contributed by atoms with Gasteiger partial charge in [0.2, 0.25) is 0 Å². The maximum atomic E-state index is 11.0. The number of hydrogen-bond donors (Lipinski definition) is 0. The SMILES string of the molecule is CC(=O)CS(=O)CCC(C)C. The van der Waals surface area contributed by atoms with E-state index in [1.165, 1.54) is 6.92 Å². The lowest BCUT2D eigenvalue weighted by atomic mass is 10.2. The molecule has 0 aliphatic rings. The van der Waals surface area contributed by atoms with E-state index in [1.54, 1.807) is 0 Å². The predicted octanol–water partition coefficient (Wildman–Crippen LogP) is 1.37. The van der Waals surface area contributed by atoms with E-state index in [0.717, 1.165) is 6.42 Å². The number of hydrogen-bond acceptors (Lipinski definition) is 2. The van der Waals surface area contributed by atoms with Crippen molar-refractivity contribution in [3.63, 3.8) is 0 Å². The van der Waals surface area contributed by atoms with E-state index in [4.69, 9.17) is 0 Å². The molecule has 0 heterocycles. The number of Topliss-reactive ketones (excluding diaryl/α,β-unsaturated/α-hetero) is 1. The summed E-state index contributed by atoms with van der Waals surface area (Å²) in [6, 6.07) is 0. The number of carbonyl (C=O) groups is 1. The molecule has 0 N–H and O–H groups in total. The molecule has 1 unspecified atom stereocenters. The third kappa shape index (κ3) is 7.72. The summed E-state index contributed by atoms with van der Waals surface area (Å²) in [5.41, 5.74) is 0. The van der Waals surface area contributed by atoms with Crippen LogP contribution in [0, 0.1) is 5.92 Å². The third-order valence-corrected chi connectivity index (χ3v) is 2.71. The third-order valence-electron chi connectivity index (χ3n) is 1.29. The number of carbonyl (C=O) groups excluding carboxylic acids is 1. The van der Waals surface area contributed by atoms with E-state index < -0.39 is 10.8 Å². The summed E-state index contributed by atoms with van der Waals surface area (Å²) in [5, 5.41) is 0. The highest BCUT2D eigenvalue weighted by atomic mass is 32.2. The Hall–Kier alpha value is -0.180. The molecule has 0 fully saturated rings. The van der Waals surface area contributed by atoms with Crippen molar-refractivity contribution in [1.82, 2.24) is 0 Å². The molecule has 1 atom stereocenters. The summed E-state index contributed by atoms with van der Waals surface area (Å²) in [5.74, 6) is 1.49. The van der Waals surface area contributed by atoms with Crippen molar-refractivity contribution < 1.29 is 9.00 Å². The van der Waals surface area contributed by atoms with Gasteiger partial charge in [-0.2, -0.15) is 0 Å². The normalized spacial score (nSPS) is 13.5. The molecule has 0 rings (SSSR count). The fraction of sp³-hybridized carbons (Fsp3) is 0.875. The lowest BCUT2D eigenvalue weighted by Crippen LogP contribution is -2.10.